The van der Waals surface area contributed by atoms with Crippen LogP contribution < -0.4 is 0 Å². The Bertz CT molecular complexity index is 528. The van der Waals surface area contributed by atoms with Crippen molar-refractivity contribution >= 4 is 35.0 Å². The predicted octanol–water partition coefficient (Wildman–Crippen LogP) is 4.01. The molecule has 5 heteroatoms. The zero-order valence-corrected chi connectivity index (χ0v) is 12.7. The number of methoxy groups -OCH3 is 1. The Hall–Kier alpha value is -1.06. The van der Waals surface area contributed by atoms with Gasteiger partial charge in [-0.2, -0.15) is 0 Å². The summed E-state index contributed by atoms with van der Waals surface area (Å²) in [6, 6.07) is 5.16. The molecule has 0 amide bonds. The van der Waals surface area contributed by atoms with E-state index in [9.17, 15) is 9.59 Å². The molecule has 1 aromatic rings. The molecule has 1 aromatic carbocycles. The molecular weight excluding hydrogens is 299 g/mol. The molecule has 2 atom stereocenters. The highest BCUT2D eigenvalue weighted by molar-refractivity contribution is 6.42. The summed E-state index contributed by atoms with van der Waals surface area (Å²) < 4.78 is 4.87. The number of halogens is 2. The van der Waals surface area contributed by atoms with Crippen LogP contribution in [0, 0.1) is 5.92 Å². The Labute approximate surface area is 128 Å². The van der Waals surface area contributed by atoms with Crippen molar-refractivity contribution in [3.63, 3.8) is 0 Å². The van der Waals surface area contributed by atoms with E-state index in [0.717, 1.165) is 12.0 Å². The van der Waals surface area contributed by atoms with E-state index in [2.05, 4.69) is 0 Å². The maximum Gasteiger partial charge on any atom is 0.313 e. The minimum Gasteiger partial charge on any atom is -0.469 e. The standard InChI is InChI=1S/C15H16Cl2O3/c1-20-15(19)12(7-9-2-4-11(18)6-9)10-3-5-13(16)14(17)8-10/h3,5,8-9,12H,2,4,6-7H2,1H3. The number of hydrogen-bond acceptors (Lipinski definition) is 3. The molecule has 1 saturated carbocycles. The van der Waals surface area contributed by atoms with Gasteiger partial charge < -0.3 is 4.74 Å². The number of carbonyl (C=O) groups excluding carboxylic acids is 2. The van der Waals surface area contributed by atoms with Crippen LogP contribution in [0.3, 0.4) is 0 Å². The zero-order valence-electron chi connectivity index (χ0n) is 11.2. The fourth-order valence-electron chi connectivity index (χ4n) is 2.67. The Morgan fingerprint density at radius 2 is 2.15 bits per heavy atom. The van der Waals surface area contributed by atoms with Crippen LogP contribution >= 0.6 is 23.2 Å². The number of esters is 1. The third-order valence-electron chi connectivity index (χ3n) is 3.75. The summed E-state index contributed by atoms with van der Waals surface area (Å²) in [5, 5.41) is 0.871. The second-order valence-corrected chi connectivity index (χ2v) is 5.95. The third kappa shape index (κ3) is 3.53. The lowest BCUT2D eigenvalue weighted by molar-refractivity contribution is -0.143. The van der Waals surface area contributed by atoms with Gasteiger partial charge in [0.05, 0.1) is 23.1 Å². The summed E-state index contributed by atoms with van der Waals surface area (Å²) >= 11 is 11.9. The van der Waals surface area contributed by atoms with Crippen LogP contribution in [0.25, 0.3) is 0 Å². The number of ether oxygens (including phenoxy) is 1. The van der Waals surface area contributed by atoms with Gasteiger partial charge in [-0.25, -0.2) is 0 Å². The molecule has 1 aliphatic rings. The second-order valence-electron chi connectivity index (χ2n) is 5.13. The monoisotopic (exact) mass is 314 g/mol. The molecule has 3 nitrogen and oxygen atoms in total. The highest BCUT2D eigenvalue weighted by Crippen LogP contribution is 2.35. The normalized spacial score (nSPS) is 19.9. The molecular formula is C15H16Cl2O3. The molecule has 108 valence electrons. The van der Waals surface area contributed by atoms with Gasteiger partial charge in [0.15, 0.2) is 0 Å². The Kier molecular flexibility index (Phi) is 5.06. The molecule has 2 unspecified atom stereocenters. The number of carbonyl (C=O) groups is 2. The SMILES string of the molecule is COC(=O)C(CC1CCC(=O)C1)c1ccc(Cl)c(Cl)c1. The van der Waals surface area contributed by atoms with E-state index in [-0.39, 0.29) is 17.7 Å². The highest BCUT2D eigenvalue weighted by atomic mass is 35.5. The molecule has 0 saturated heterocycles. The van der Waals surface area contributed by atoms with Crippen molar-refractivity contribution in [3.8, 4) is 0 Å². The van der Waals surface area contributed by atoms with E-state index in [1.54, 1.807) is 18.2 Å². The maximum absolute atomic E-state index is 12.0. The van der Waals surface area contributed by atoms with Gasteiger partial charge >= 0.3 is 5.97 Å². The summed E-state index contributed by atoms with van der Waals surface area (Å²) in [6.45, 7) is 0. The van der Waals surface area contributed by atoms with Crippen LogP contribution in [-0.4, -0.2) is 18.9 Å². The Morgan fingerprint density at radius 1 is 1.40 bits per heavy atom. The molecule has 0 aliphatic heterocycles. The molecule has 0 radical (unpaired) electrons. The van der Waals surface area contributed by atoms with Gasteiger partial charge in [-0.3, -0.25) is 9.59 Å². The number of benzene rings is 1. The topological polar surface area (TPSA) is 43.4 Å². The van der Waals surface area contributed by atoms with E-state index < -0.39 is 5.92 Å². The minimum absolute atomic E-state index is 0.237. The smallest absolute Gasteiger partial charge is 0.313 e. The van der Waals surface area contributed by atoms with E-state index in [1.165, 1.54) is 7.11 Å². The van der Waals surface area contributed by atoms with E-state index in [4.69, 9.17) is 27.9 Å². The summed E-state index contributed by atoms with van der Waals surface area (Å²) in [7, 11) is 1.37. The van der Waals surface area contributed by atoms with Crippen molar-refractivity contribution < 1.29 is 14.3 Å². The summed E-state index contributed by atoms with van der Waals surface area (Å²) in [4.78, 5) is 23.3. The average Bonchev–Trinajstić information content (AvgIpc) is 2.84. The van der Waals surface area contributed by atoms with E-state index in [0.29, 0.717) is 29.3 Å². The van der Waals surface area contributed by atoms with Crippen LogP contribution in [0.5, 0.6) is 0 Å². The van der Waals surface area contributed by atoms with Gasteiger partial charge in [-0.15, -0.1) is 0 Å². The minimum atomic E-state index is -0.398. The lowest BCUT2D eigenvalue weighted by atomic mass is 9.88. The molecule has 0 spiro atoms. The first-order chi connectivity index (χ1) is 9.51. The maximum atomic E-state index is 12.0. The summed E-state index contributed by atoms with van der Waals surface area (Å²) in [6.07, 6.45) is 2.61. The van der Waals surface area contributed by atoms with Crippen LogP contribution in [0.15, 0.2) is 18.2 Å². The van der Waals surface area contributed by atoms with E-state index >= 15 is 0 Å². The first-order valence-electron chi connectivity index (χ1n) is 6.55. The van der Waals surface area contributed by atoms with Crippen molar-refractivity contribution in [2.24, 2.45) is 5.92 Å². The highest BCUT2D eigenvalue weighted by Gasteiger charge is 2.30. The first kappa shape index (κ1) is 15.3. The quantitative estimate of drug-likeness (QED) is 0.789. The van der Waals surface area contributed by atoms with Gasteiger partial charge in [0.2, 0.25) is 0 Å². The Morgan fingerprint density at radius 3 is 2.70 bits per heavy atom. The summed E-state index contributed by atoms with van der Waals surface area (Å²) in [5.41, 5.74) is 0.783. The molecule has 1 fully saturated rings. The lowest BCUT2D eigenvalue weighted by Crippen LogP contribution is -2.17. The number of ketones is 1. The van der Waals surface area contributed by atoms with Crippen LogP contribution in [0.2, 0.25) is 10.0 Å². The first-order valence-corrected chi connectivity index (χ1v) is 7.31. The Balaban J connectivity index is 2.20. The largest absolute Gasteiger partial charge is 0.469 e. The van der Waals surface area contributed by atoms with E-state index in [1.807, 2.05) is 0 Å². The van der Waals surface area contributed by atoms with Crippen molar-refractivity contribution in [3.05, 3.63) is 33.8 Å². The number of hydrogen-bond donors (Lipinski definition) is 0. The van der Waals surface area contributed by atoms with Gasteiger partial charge in [-0.1, -0.05) is 29.3 Å². The number of Topliss-reactive ketones (excluding diaryl/α,β-unsaturated/α-hetero) is 1. The molecule has 0 heterocycles. The summed E-state index contributed by atoms with van der Waals surface area (Å²) in [5.74, 6) is -0.192. The fourth-order valence-corrected chi connectivity index (χ4v) is 2.97. The third-order valence-corrected chi connectivity index (χ3v) is 4.49. The van der Waals surface area contributed by atoms with Gasteiger partial charge in [0.25, 0.3) is 0 Å². The van der Waals surface area contributed by atoms with Crippen molar-refractivity contribution in [1.29, 1.82) is 0 Å². The molecule has 0 bridgehead atoms. The van der Waals surface area contributed by atoms with Crippen LogP contribution in [0.4, 0.5) is 0 Å². The second kappa shape index (κ2) is 6.59. The predicted molar refractivity (Wildman–Crippen MR) is 78.2 cm³/mol. The van der Waals surface area contributed by atoms with Crippen molar-refractivity contribution in [1.82, 2.24) is 0 Å². The average molecular weight is 315 g/mol. The molecule has 20 heavy (non-hydrogen) atoms. The number of rotatable bonds is 4. The van der Waals surface area contributed by atoms with Crippen LogP contribution in [0.1, 0.15) is 37.2 Å². The van der Waals surface area contributed by atoms with Crippen molar-refractivity contribution in [2.75, 3.05) is 7.11 Å². The molecule has 0 aromatic heterocycles. The van der Waals surface area contributed by atoms with Gasteiger partial charge in [0, 0.05) is 12.8 Å². The van der Waals surface area contributed by atoms with Crippen molar-refractivity contribution in [2.45, 2.75) is 31.6 Å². The molecule has 0 N–H and O–H groups in total. The molecule has 1 aliphatic carbocycles. The molecule has 2 rings (SSSR count). The fraction of sp³-hybridized carbons (Fsp3) is 0.467. The van der Waals surface area contributed by atoms with Crippen LogP contribution in [-0.2, 0) is 14.3 Å². The zero-order chi connectivity index (χ0) is 14.7. The lowest BCUT2D eigenvalue weighted by Gasteiger charge is -2.19. The van der Waals surface area contributed by atoms with Gasteiger partial charge in [0.1, 0.15) is 5.78 Å². The van der Waals surface area contributed by atoms with Gasteiger partial charge in [-0.05, 0) is 36.5 Å².